The van der Waals surface area contributed by atoms with Gasteiger partial charge in [0.2, 0.25) is 0 Å². The van der Waals surface area contributed by atoms with Crippen molar-refractivity contribution in [2.24, 2.45) is 5.10 Å². The first-order valence-corrected chi connectivity index (χ1v) is 9.02. The number of rotatable bonds is 3. The molecule has 3 amide bonds. The number of carbonyl (C=O) groups excluding carboxylic acids is 2. The van der Waals surface area contributed by atoms with Crippen molar-refractivity contribution in [3.63, 3.8) is 0 Å². The number of nitrogens with zero attached hydrogens (tertiary/aromatic N) is 3. The lowest BCUT2D eigenvalue weighted by molar-refractivity contribution is -0.112. The highest BCUT2D eigenvalue weighted by atomic mass is 16.2. The molecule has 1 aliphatic heterocycles. The molecule has 140 valence electrons. The Morgan fingerprint density at radius 3 is 2.57 bits per heavy atom. The molecule has 0 atom stereocenters. The van der Waals surface area contributed by atoms with Gasteiger partial charge < -0.3 is 10.2 Å². The fraction of sp³-hybridized carbons (Fsp3) is 0.136. The summed E-state index contributed by atoms with van der Waals surface area (Å²) < 4.78 is 0. The predicted octanol–water partition coefficient (Wildman–Crippen LogP) is 3.36. The van der Waals surface area contributed by atoms with E-state index >= 15 is 0 Å². The van der Waals surface area contributed by atoms with Crippen molar-refractivity contribution in [2.45, 2.75) is 6.54 Å². The second-order valence-corrected chi connectivity index (χ2v) is 6.57. The normalized spacial score (nSPS) is 14.4. The van der Waals surface area contributed by atoms with Crippen molar-refractivity contribution in [1.29, 1.82) is 0 Å². The molecular formula is C22H20N4O2. The zero-order valence-electron chi connectivity index (χ0n) is 15.7. The number of fused-ring (bicyclic) bond motifs is 2. The first-order valence-electron chi connectivity index (χ1n) is 9.02. The Kier molecular flexibility index (Phi) is 4.53. The molecule has 28 heavy (non-hydrogen) atoms. The lowest BCUT2D eigenvalue weighted by Crippen LogP contribution is -2.35. The molecule has 1 aliphatic rings. The fourth-order valence-corrected chi connectivity index (χ4v) is 3.47. The molecule has 0 saturated carbocycles. The van der Waals surface area contributed by atoms with Crippen molar-refractivity contribution in [1.82, 2.24) is 10.3 Å². The summed E-state index contributed by atoms with van der Waals surface area (Å²) in [5.41, 5.74) is 2.84. The largest absolute Gasteiger partial charge is 0.340 e. The van der Waals surface area contributed by atoms with Gasteiger partial charge in [0.15, 0.2) is 5.71 Å². The average Bonchev–Trinajstić information content (AvgIpc) is 2.99. The van der Waals surface area contributed by atoms with Gasteiger partial charge in [-0.05, 0) is 22.4 Å². The number of urea groups is 1. The molecule has 0 fully saturated rings. The van der Waals surface area contributed by atoms with Gasteiger partial charge in [-0.2, -0.15) is 5.10 Å². The summed E-state index contributed by atoms with van der Waals surface area (Å²) in [6.45, 7) is 0.430. The Hall–Kier alpha value is -3.67. The topological polar surface area (TPSA) is 65.0 Å². The first kappa shape index (κ1) is 17.7. The molecule has 6 heteroatoms. The first-order chi connectivity index (χ1) is 13.6. The number of nitrogens with one attached hydrogen (secondary N) is 1. The molecule has 6 nitrogen and oxygen atoms in total. The van der Waals surface area contributed by atoms with Gasteiger partial charge in [-0.1, -0.05) is 60.7 Å². The molecule has 0 spiro atoms. The quantitative estimate of drug-likeness (QED) is 0.717. The standard InChI is InChI=1S/C22H20N4O2/c1-23-22(28)25(2)24-20-18-12-5-6-13-19(18)26(21(20)27)14-16-10-7-9-15-8-3-4-11-17(15)16/h3-13H,14H2,1-2H3,(H,23,28)/b24-20+. The summed E-state index contributed by atoms with van der Waals surface area (Å²) in [7, 11) is 3.05. The maximum Gasteiger partial charge on any atom is 0.337 e. The van der Waals surface area contributed by atoms with E-state index in [0.717, 1.165) is 32.6 Å². The van der Waals surface area contributed by atoms with Gasteiger partial charge in [-0.25, -0.2) is 9.80 Å². The third kappa shape index (κ3) is 2.99. The van der Waals surface area contributed by atoms with E-state index in [1.807, 2.05) is 48.5 Å². The van der Waals surface area contributed by atoms with E-state index in [9.17, 15) is 9.59 Å². The van der Waals surface area contributed by atoms with Crippen molar-refractivity contribution in [2.75, 3.05) is 19.0 Å². The smallest absolute Gasteiger partial charge is 0.337 e. The van der Waals surface area contributed by atoms with E-state index in [4.69, 9.17) is 0 Å². The number of carbonyl (C=O) groups is 2. The van der Waals surface area contributed by atoms with Crippen molar-refractivity contribution >= 4 is 34.1 Å². The van der Waals surface area contributed by atoms with Crippen LogP contribution in [-0.2, 0) is 11.3 Å². The van der Waals surface area contributed by atoms with Gasteiger partial charge in [-0.15, -0.1) is 0 Å². The van der Waals surface area contributed by atoms with Crippen LogP contribution < -0.4 is 10.2 Å². The number of hydrogen-bond acceptors (Lipinski definition) is 3. The Balaban J connectivity index is 1.75. The van der Waals surface area contributed by atoms with Crippen molar-refractivity contribution in [3.8, 4) is 0 Å². The van der Waals surface area contributed by atoms with E-state index in [-0.39, 0.29) is 17.6 Å². The maximum absolute atomic E-state index is 13.2. The summed E-state index contributed by atoms with van der Waals surface area (Å²) in [5.74, 6) is -0.218. The van der Waals surface area contributed by atoms with Crippen LogP contribution in [0.4, 0.5) is 10.5 Å². The minimum Gasteiger partial charge on any atom is -0.340 e. The molecule has 0 unspecified atom stereocenters. The molecule has 1 N–H and O–H groups in total. The van der Waals surface area contributed by atoms with Crippen LogP contribution in [0.25, 0.3) is 10.8 Å². The highest BCUT2D eigenvalue weighted by Crippen LogP contribution is 2.32. The van der Waals surface area contributed by atoms with Crippen LogP contribution in [0.5, 0.6) is 0 Å². The van der Waals surface area contributed by atoms with E-state index < -0.39 is 0 Å². The Bertz CT molecular complexity index is 1100. The van der Waals surface area contributed by atoms with Crippen LogP contribution in [0, 0.1) is 0 Å². The van der Waals surface area contributed by atoms with Crippen LogP contribution in [0.1, 0.15) is 11.1 Å². The van der Waals surface area contributed by atoms with Gasteiger partial charge in [0.05, 0.1) is 12.2 Å². The van der Waals surface area contributed by atoms with E-state index in [0.29, 0.717) is 6.54 Å². The molecule has 3 aromatic carbocycles. The lowest BCUT2D eigenvalue weighted by atomic mass is 10.0. The molecule has 0 aromatic heterocycles. The minimum absolute atomic E-state index is 0.218. The van der Waals surface area contributed by atoms with Crippen LogP contribution in [0.15, 0.2) is 71.8 Å². The van der Waals surface area contributed by atoms with Crippen molar-refractivity contribution in [3.05, 3.63) is 77.9 Å². The van der Waals surface area contributed by atoms with E-state index in [1.165, 1.54) is 14.1 Å². The number of hydrazone groups is 1. The number of anilines is 1. The zero-order chi connectivity index (χ0) is 19.7. The summed E-state index contributed by atoms with van der Waals surface area (Å²) >= 11 is 0. The zero-order valence-corrected chi connectivity index (χ0v) is 15.7. The van der Waals surface area contributed by atoms with E-state index in [1.54, 1.807) is 4.90 Å². The molecule has 0 radical (unpaired) electrons. The monoisotopic (exact) mass is 372 g/mol. The minimum atomic E-state index is -0.384. The third-order valence-electron chi connectivity index (χ3n) is 4.86. The van der Waals surface area contributed by atoms with Gasteiger partial charge >= 0.3 is 6.03 Å². The molecule has 1 heterocycles. The lowest BCUT2D eigenvalue weighted by Gasteiger charge is -2.18. The number of amides is 3. The number of benzene rings is 3. The van der Waals surface area contributed by atoms with Gasteiger partial charge in [0.1, 0.15) is 0 Å². The molecule has 4 rings (SSSR count). The van der Waals surface area contributed by atoms with Gasteiger partial charge in [0.25, 0.3) is 5.91 Å². The summed E-state index contributed by atoms with van der Waals surface area (Å²) in [4.78, 5) is 26.7. The summed E-state index contributed by atoms with van der Waals surface area (Å²) in [5, 5.41) is 10.2. The molecule has 0 bridgehead atoms. The highest BCUT2D eigenvalue weighted by Gasteiger charge is 2.34. The van der Waals surface area contributed by atoms with Crippen LogP contribution in [-0.4, -0.2) is 36.8 Å². The SMILES string of the molecule is CNC(=O)N(C)/N=C1/C(=O)N(Cc2cccc3ccccc23)c2ccccc21. The molecule has 0 saturated heterocycles. The number of para-hydroxylation sites is 1. The van der Waals surface area contributed by atoms with Crippen molar-refractivity contribution < 1.29 is 9.59 Å². The Morgan fingerprint density at radius 1 is 1.04 bits per heavy atom. The fourth-order valence-electron chi connectivity index (χ4n) is 3.47. The van der Waals surface area contributed by atoms with Gasteiger partial charge in [0, 0.05) is 19.7 Å². The summed E-state index contributed by atoms with van der Waals surface area (Å²) in [6.07, 6.45) is 0. The average molecular weight is 372 g/mol. The van der Waals surface area contributed by atoms with E-state index in [2.05, 4.69) is 28.6 Å². The van der Waals surface area contributed by atoms with Crippen LogP contribution in [0.3, 0.4) is 0 Å². The predicted molar refractivity (Wildman–Crippen MR) is 110 cm³/mol. The van der Waals surface area contributed by atoms with Gasteiger partial charge in [-0.3, -0.25) is 4.79 Å². The molecular weight excluding hydrogens is 352 g/mol. The second kappa shape index (κ2) is 7.15. The molecule has 0 aliphatic carbocycles. The number of hydrogen-bond donors (Lipinski definition) is 1. The molecule has 3 aromatic rings. The maximum atomic E-state index is 13.2. The summed E-state index contributed by atoms with van der Waals surface area (Å²) in [6, 6.07) is 21.3. The Labute approximate surface area is 163 Å². The van der Waals surface area contributed by atoms with Crippen LogP contribution >= 0.6 is 0 Å². The Morgan fingerprint density at radius 2 is 1.75 bits per heavy atom. The second-order valence-electron chi connectivity index (χ2n) is 6.57. The van der Waals surface area contributed by atoms with Crippen LogP contribution in [0.2, 0.25) is 0 Å². The third-order valence-corrected chi connectivity index (χ3v) is 4.86. The highest BCUT2D eigenvalue weighted by molar-refractivity contribution is 6.54.